The van der Waals surface area contributed by atoms with Gasteiger partial charge in [0.25, 0.3) is 0 Å². The van der Waals surface area contributed by atoms with Crippen LogP contribution in [-0.4, -0.2) is 36.6 Å². The van der Waals surface area contributed by atoms with Gasteiger partial charge in [0.15, 0.2) is 0 Å². The Labute approximate surface area is 124 Å². The fraction of sp³-hybridized carbons (Fsp3) is 0.562. The second kappa shape index (κ2) is 5.73. The maximum atomic E-state index is 13.1. The summed E-state index contributed by atoms with van der Waals surface area (Å²) in [5.74, 6) is -0.103. The third-order valence-corrected chi connectivity index (χ3v) is 4.57. The normalized spacial score (nSPS) is 24.2. The third-order valence-electron chi connectivity index (χ3n) is 4.57. The molecule has 1 amide bonds. The lowest BCUT2D eigenvalue weighted by molar-refractivity contribution is -0.133. The lowest BCUT2D eigenvalue weighted by atomic mass is 9.98. The highest BCUT2D eigenvalue weighted by molar-refractivity contribution is 5.89. The summed E-state index contributed by atoms with van der Waals surface area (Å²) in [6.07, 6.45) is 3.73. The van der Waals surface area contributed by atoms with Crippen LogP contribution in [0, 0.1) is 5.82 Å². The van der Waals surface area contributed by atoms with E-state index in [-0.39, 0.29) is 17.9 Å². The highest BCUT2D eigenvalue weighted by Crippen LogP contribution is 2.40. The molecule has 3 rings (SSSR count). The first kappa shape index (κ1) is 14.5. The quantitative estimate of drug-likeness (QED) is 0.925. The van der Waals surface area contributed by atoms with E-state index in [1.54, 1.807) is 19.2 Å². The van der Waals surface area contributed by atoms with Crippen LogP contribution >= 0.6 is 0 Å². The number of amides is 1. The molecule has 1 atom stereocenters. The van der Waals surface area contributed by atoms with Gasteiger partial charge in [-0.15, -0.1) is 0 Å². The minimum Gasteiger partial charge on any atom is -0.383 e. The Morgan fingerprint density at radius 3 is 2.62 bits per heavy atom. The van der Waals surface area contributed by atoms with Gasteiger partial charge in [-0.1, -0.05) is 25.0 Å². The molecule has 0 aromatic heterocycles. The van der Waals surface area contributed by atoms with Crippen LogP contribution in [0.2, 0.25) is 0 Å². The number of nitrogens with one attached hydrogen (secondary N) is 1. The molecule has 0 radical (unpaired) electrons. The van der Waals surface area contributed by atoms with Gasteiger partial charge in [-0.05, 0) is 30.5 Å². The van der Waals surface area contributed by atoms with Crippen LogP contribution in [0.5, 0.6) is 0 Å². The van der Waals surface area contributed by atoms with Crippen LogP contribution in [0.15, 0.2) is 24.3 Å². The van der Waals surface area contributed by atoms with Gasteiger partial charge >= 0.3 is 0 Å². The van der Waals surface area contributed by atoms with Gasteiger partial charge in [-0.3, -0.25) is 10.1 Å². The van der Waals surface area contributed by atoms with E-state index >= 15 is 0 Å². The van der Waals surface area contributed by atoms with Gasteiger partial charge < -0.3 is 9.64 Å². The lowest BCUT2D eigenvalue weighted by Gasteiger charge is -2.24. The summed E-state index contributed by atoms with van der Waals surface area (Å²) in [4.78, 5) is 14.7. The molecule has 2 aliphatic rings. The van der Waals surface area contributed by atoms with Crippen molar-refractivity contribution in [3.63, 3.8) is 0 Å². The van der Waals surface area contributed by atoms with Crippen molar-refractivity contribution in [2.24, 2.45) is 0 Å². The minimum absolute atomic E-state index is 0.159. The average molecular weight is 292 g/mol. The molecule has 1 spiro atoms. The topological polar surface area (TPSA) is 41.6 Å². The predicted molar refractivity (Wildman–Crippen MR) is 77.1 cm³/mol. The molecule has 1 N–H and O–H groups in total. The first-order valence-corrected chi connectivity index (χ1v) is 7.49. The van der Waals surface area contributed by atoms with Gasteiger partial charge in [0.05, 0.1) is 12.1 Å². The van der Waals surface area contributed by atoms with Crippen molar-refractivity contribution in [1.82, 2.24) is 10.2 Å². The monoisotopic (exact) mass is 292 g/mol. The Balaban J connectivity index is 1.88. The van der Waals surface area contributed by atoms with Crippen molar-refractivity contribution in [2.75, 3.05) is 20.3 Å². The third kappa shape index (κ3) is 2.56. The molecule has 1 heterocycles. The maximum absolute atomic E-state index is 13.1. The Morgan fingerprint density at radius 1 is 1.33 bits per heavy atom. The summed E-state index contributed by atoms with van der Waals surface area (Å²) in [6.45, 7) is 1.05. The number of hydrogen-bond acceptors (Lipinski definition) is 3. The standard InChI is InChI=1S/C16H21FN2O2/c1-21-11-10-19-14(12-4-6-13(17)7-5-12)18-16(15(19)20)8-2-3-9-16/h4-7,14,18H,2-3,8-11H2,1H3. The fourth-order valence-electron chi connectivity index (χ4n) is 3.46. The number of halogens is 1. The van der Waals surface area contributed by atoms with Crippen LogP contribution in [0.4, 0.5) is 4.39 Å². The molecule has 1 saturated carbocycles. The van der Waals surface area contributed by atoms with Crippen LogP contribution in [0.3, 0.4) is 0 Å². The second-order valence-electron chi connectivity index (χ2n) is 5.88. The molecule has 21 heavy (non-hydrogen) atoms. The van der Waals surface area contributed by atoms with E-state index in [0.717, 1.165) is 31.2 Å². The van der Waals surface area contributed by atoms with Crippen molar-refractivity contribution in [1.29, 1.82) is 0 Å². The fourth-order valence-corrected chi connectivity index (χ4v) is 3.46. The number of methoxy groups -OCH3 is 1. The number of nitrogens with zero attached hydrogens (tertiary/aromatic N) is 1. The molecule has 1 aromatic rings. The molecular weight excluding hydrogens is 271 g/mol. The Morgan fingerprint density at radius 2 is 2.00 bits per heavy atom. The van der Waals surface area contributed by atoms with Crippen LogP contribution in [-0.2, 0) is 9.53 Å². The number of rotatable bonds is 4. The van der Waals surface area contributed by atoms with Crippen LogP contribution < -0.4 is 5.32 Å². The first-order valence-electron chi connectivity index (χ1n) is 7.49. The largest absolute Gasteiger partial charge is 0.383 e. The maximum Gasteiger partial charge on any atom is 0.244 e. The summed E-state index contributed by atoms with van der Waals surface area (Å²) in [5.41, 5.74) is 0.497. The van der Waals surface area contributed by atoms with Gasteiger partial charge in [-0.2, -0.15) is 0 Å². The van der Waals surface area contributed by atoms with E-state index in [2.05, 4.69) is 5.32 Å². The molecule has 2 fully saturated rings. The molecule has 1 saturated heterocycles. The van der Waals surface area contributed by atoms with E-state index < -0.39 is 5.54 Å². The molecular formula is C16H21FN2O2. The molecule has 114 valence electrons. The van der Waals surface area contributed by atoms with Crippen LogP contribution in [0.1, 0.15) is 37.4 Å². The summed E-state index contributed by atoms with van der Waals surface area (Å²) in [6, 6.07) is 6.37. The molecule has 1 aliphatic carbocycles. The Bertz CT molecular complexity index is 512. The number of carbonyl (C=O) groups is 1. The average Bonchev–Trinajstić information content (AvgIpc) is 3.06. The number of hydrogen-bond donors (Lipinski definition) is 1. The second-order valence-corrected chi connectivity index (χ2v) is 5.88. The molecule has 4 nitrogen and oxygen atoms in total. The minimum atomic E-state index is -0.424. The summed E-state index contributed by atoms with van der Waals surface area (Å²) in [7, 11) is 1.63. The Kier molecular flexibility index (Phi) is 3.95. The summed E-state index contributed by atoms with van der Waals surface area (Å²) in [5, 5.41) is 3.51. The van der Waals surface area contributed by atoms with Crippen molar-refractivity contribution in [3.8, 4) is 0 Å². The number of ether oxygens (including phenoxy) is 1. The van der Waals surface area contributed by atoms with Crippen molar-refractivity contribution in [3.05, 3.63) is 35.6 Å². The number of benzene rings is 1. The molecule has 5 heteroatoms. The number of carbonyl (C=O) groups excluding carboxylic acids is 1. The zero-order valence-corrected chi connectivity index (χ0v) is 12.3. The zero-order valence-electron chi connectivity index (χ0n) is 12.3. The van der Waals surface area contributed by atoms with E-state index in [4.69, 9.17) is 4.74 Å². The van der Waals surface area contributed by atoms with Gasteiger partial charge in [0, 0.05) is 13.7 Å². The van der Waals surface area contributed by atoms with Crippen LogP contribution in [0.25, 0.3) is 0 Å². The van der Waals surface area contributed by atoms with Gasteiger partial charge in [0.2, 0.25) is 5.91 Å². The highest BCUT2D eigenvalue weighted by atomic mass is 19.1. The van der Waals surface area contributed by atoms with Crippen molar-refractivity contribution < 1.29 is 13.9 Å². The van der Waals surface area contributed by atoms with E-state index in [0.29, 0.717) is 13.2 Å². The SMILES string of the molecule is COCCN1C(=O)C2(CCCC2)NC1c1ccc(F)cc1. The summed E-state index contributed by atoms with van der Waals surface area (Å²) < 4.78 is 18.2. The van der Waals surface area contributed by atoms with Crippen molar-refractivity contribution in [2.45, 2.75) is 37.4 Å². The van der Waals surface area contributed by atoms with Gasteiger partial charge in [-0.25, -0.2) is 4.39 Å². The van der Waals surface area contributed by atoms with E-state index in [1.807, 2.05) is 4.90 Å². The van der Waals surface area contributed by atoms with Gasteiger partial charge in [0.1, 0.15) is 12.0 Å². The lowest BCUT2D eigenvalue weighted by Crippen LogP contribution is -2.44. The smallest absolute Gasteiger partial charge is 0.244 e. The predicted octanol–water partition coefficient (Wildman–Crippen LogP) is 2.22. The summed E-state index contributed by atoms with van der Waals surface area (Å²) >= 11 is 0. The van der Waals surface area contributed by atoms with E-state index in [9.17, 15) is 9.18 Å². The molecule has 1 aromatic carbocycles. The first-order chi connectivity index (χ1) is 10.2. The Hall–Kier alpha value is -1.46. The molecule has 1 unspecified atom stereocenters. The molecule has 1 aliphatic heterocycles. The highest BCUT2D eigenvalue weighted by Gasteiger charge is 2.52. The molecule has 0 bridgehead atoms. The zero-order chi connectivity index (χ0) is 14.9. The van der Waals surface area contributed by atoms with Crippen molar-refractivity contribution >= 4 is 5.91 Å². The van der Waals surface area contributed by atoms with E-state index in [1.165, 1.54) is 12.1 Å².